The highest BCUT2D eigenvalue weighted by Crippen LogP contribution is 2.23. The SMILES string of the molecule is Cc1ncncc1C1CNC(=O)C1. The van der Waals surface area contributed by atoms with Crippen LogP contribution in [0.1, 0.15) is 23.6 Å². The van der Waals surface area contributed by atoms with Crippen molar-refractivity contribution in [1.29, 1.82) is 0 Å². The molecule has 1 aliphatic rings. The predicted molar refractivity (Wildman–Crippen MR) is 47.1 cm³/mol. The quantitative estimate of drug-likeness (QED) is 0.675. The maximum atomic E-state index is 11.0. The maximum Gasteiger partial charge on any atom is 0.220 e. The van der Waals surface area contributed by atoms with E-state index < -0.39 is 0 Å². The molecule has 1 aromatic rings. The minimum absolute atomic E-state index is 0.119. The number of rotatable bonds is 1. The zero-order valence-electron chi connectivity index (χ0n) is 7.45. The number of nitrogens with one attached hydrogen (secondary N) is 1. The van der Waals surface area contributed by atoms with Crippen LogP contribution in [0.15, 0.2) is 12.5 Å². The molecule has 1 fully saturated rings. The molecule has 0 aromatic carbocycles. The van der Waals surface area contributed by atoms with Gasteiger partial charge in [0.25, 0.3) is 0 Å². The van der Waals surface area contributed by atoms with Crippen LogP contribution < -0.4 is 5.32 Å². The number of carbonyl (C=O) groups is 1. The highest BCUT2D eigenvalue weighted by molar-refractivity contribution is 5.79. The molecule has 0 spiro atoms. The summed E-state index contributed by atoms with van der Waals surface area (Å²) in [4.78, 5) is 19.0. The summed E-state index contributed by atoms with van der Waals surface area (Å²) in [6, 6.07) is 0. The van der Waals surface area contributed by atoms with E-state index in [1.165, 1.54) is 6.33 Å². The van der Waals surface area contributed by atoms with Gasteiger partial charge in [0.2, 0.25) is 5.91 Å². The summed E-state index contributed by atoms with van der Waals surface area (Å²) in [6.07, 6.45) is 3.89. The molecule has 0 bridgehead atoms. The summed E-state index contributed by atoms with van der Waals surface area (Å²) in [6.45, 7) is 2.66. The third-order valence-corrected chi connectivity index (χ3v) is 2.37. The molecule has 1 unspecified atom stereocenters. The van der Waals surface area contributed by atoms with Gasteiger partial charge in [-0.15, -0.1) is 0 Å². The Hall–Kier alpha value is -1.45. The molecule has 1 aliphatic heterocycles. The number of nitrogens with zero attached hydrogens (tertiary/aromatic N) is 2. The molecule has 1 aromatic heterocycles. The van der Waals surface area contributed by atoms with Crippen LogP contribution in [0.4, 0.5) is 0 Å². The second kappa shape index (κ2) is 3.12. The summed E-state index contributed by atoms with van der Waals surface area (Å²) in [7, 11) is 0. The van der Waals surface area contributed by atoms with Crippen molar-refractivity contribution in [2.75, 3.05) is 6.54 Å². The molecule has 2 heterocycles. The van der Waals surface area contributed by atoms with Crippen molar-refractivity contribution in [2.45, 2.75) is 19.3 Å². The zero-order chi connectivity index (χ0) is 9.26. The van der Waals surface area contributed by atoms with Crippen molar-refractivity contribution in [3.05, 3.63) is 23.8 Å². The summed E-state index contributed by atoms with van der Waals surface area (Å²) >= 11 is 0. The molecule has 2 rings (SSSR count). The lowest BCUT2D eigenvalue weighted by atomic mass is 9.99. The van der Waals surface area contributed by atoms with E-state index in [4.69, 9.17) is 0 Å². The summed E-state index contributed by atoms with van der Waals surface area (Å²) in [5.41, 5.74) is 2.05. The van der Waals surface area contributed by atoms with E-state index in [9.17, 15) is 4.79 Å². The van der Waals surface area contributed by atoms with E-state index in [0.717, 1.165) is 11.3 Å². The Morgan fingerprint density at radius 1 is 1.62 bits per heavy atom. The first-order valence-electron chi connectivity index (χ1n) is 4.30. The molecule has 0 saturated carbocycles. The van der Waals surface area contributed by atoms with Gasteiger partial charge in [-0.3, -0.25) is 4.79 Å². The van der Waals surface area contributed by atoms with Gasteiger partial charge >= 0.3 is 0 Å². The van der Waals surface area contributed by atoms with Crippen molar-refractivity contribution < 1.29 is 4.79 Å². The Balaban J connectivity index is 2.26. The third kappa shape index (κ3) is 1.52. The van der Waals surface area contributed by atoms with Crippen LogP contribution in [0.2, 0.25) is 0 Å². The van der Waals surface area contributed by atoms with Crippen LogP contribution in [0.5, 0.6) is 0 Å². The monoisotopic (exact) mass is 177 g/mol. The molecule has 1 saturated heterocycles. The Morgan fingerprint density at radius 3 is 3.08 bits per heavy atom. The number of aromatic nitrogens is 2. The van der Waals surface area contributed by atoms with Gasteiger partial charge in [0.15, 0.2) is 0 Å². The second-order valence-electron chi connectivity index (χ2n) is 3.27. The fourth-order valence-electron chi connectivity index (χ4n) is 1.63. The Labute approximate surface area is 76.4 Å². The standard InChI is InChI=1S/C9H11N3O/c1-6-8(4-10-5-12-6)7-2-9(13)11-3-7/h4-5,7H,2-3H2,1H3,(H,11,13). The zero-order valence-corrected chi connectivity index (χ0v) is 7.45. The molecule has 0 aliphatic carbocycles. The van der Waals surface area contributed by atoms with Crippen molar-refractivity contribution in [3.63, 3.8) is 0 Å². The first-order valence-corrected chi connectivity index (χ1v) is 4.30. The van der Waals surface area contributed by atoms with Crippen LogP contribution in [-0.2, 0) is 4.79 Å². The van der Waals surface area contributed by atoms with E-state index in [1.54, 1.807) is 6.20 Å². The average Bonchev–Trinajstić information content (AvgIpc) is 2.53. The summed E-state index contributed by atoms with van der Waals surface area (Å²) in [5, 5.41) is 2.80. The first kappa shape index (κ1) is 8.16. The molecule has 13 heavy (non-hydrogen) atoms. The Morgan fingerprint density at radius 2 is 2.46 bits per heavy atom. The van der Waals surface area contributed by atoms with Gasteiger partial charge in [0.05, 0.1) is 0 Å². The van der Waals surface area contributed by atoms with E-state index in [-0.39, 0.29) is 11.8 Å². The van der Waals surface area contributed by atoms with Crippen molar-refractivity contribution in [1.82, 2.24) is 15.3 Å². The number of carbonyl (C=O) groups excluding carboxylic acids is 1. The summed E-state index contributed by atoms with van der Waals surface area (Å²) in [5.74, 6) is 0.377. The molecule has 0 radical (unpaired) electrons. The van der Waals surface area contributed by atoms with Crippen molar-refractivity contribution in [3.8, 4) is 0 Å². The predicted octanol–water partition coefficient (Wildman–Crippen LogP) is 0.389. The van der Waals surface area contributed by atoms with Crippen molar-refractivity contribution >= 4 is 5.91 Å². The van der Waals surface area contributed by atoms with E-state index in [2.05, 4.69) is 15.3 Å². The van der Waals surface area contributed by atoms with Gasteiger partial charge in [-0.1, -0.05) is 0 Å². The first-order chi connectivity index (χ1) is 6.27. The van der Waals surface area contributed by atoms with Crippen LogP contribution in [0, 0.1) is 6.92 Å². The number of aryl methyl sites for hydroxylation is 1. The van der Waals surface area contributed by atoms with Gasteiger partial charge in [-0.2, -0.15) is 0 Å². The van der Waals surface area contributed by atoms with Gasteiger partial charge in [-0.05, 0) is 12.5 Å². The smallest absolute Gasteiger partial charge is 0.220 e. The van der Waals surface area contributed by atoms with E-state index >= 15 is 0 Å². The van der Waals surface area contributed by atoms with Gasteiger partial charge in [0.1, 0.15) is 6.33 Å². The minimum atomic E-state index is 0.119. The second-order valence-corrected chi connectivity index (χ2v) is 3.27. The largest absolute Gasteiger partial charge is 0.355 e. The normalized spacial score (nSPS) is 21.6. The number of amides is 1. The van der Waals surface area contributed by atoms with Gasteiger partial charge in [0, 0.05) is 30.8 Å². The Kier molecular flexibility index (Phi) is 1.96. The molecule has 1 amide bonds. The topological polar surface area (TPSA) is 54.9 Å². The lowest BCUT2D eigenvalue weighted by molar-refractivity contribution is -0.119. The lowest BCUT2D eigenvalue weighted by Gasteiger charge is -2.08. The molecular formula is C9H11N3O. The molecule has 68 valence electrons. The highest BCUT2D eigenvalue weighted by Gasteiger charge is 2.24. The molecule has 4 nitrogen and oxygen atoms in total. The van der Waals surface area contributed by atoms with Gasteiger partial charge in [-0.25, -0.2) is 9.97 Å². The number of hydrogen-bond acceptors (Lipinski definition) is 3. The summed E-state index contributed by atoms with van der Waals surface area (Å²) < 4.78 is 0. The van der Waals surface area contributed by atoms with Crippen LogP contribution in [0.25, 0.3) is 0 Å². The van der Waals surface area contributed by atoms with E-state index in [0.29, 0.717) is 13.0 Å². The molecule has 1 atom stereocenters. The minimum Gasteiger partial charge on any atom is -0.355 e. The maximum absolute atomic E-state index is 11.0. The van der Waals surface area contributed by atoms with Crippen LogP contribution in [0.3, 0.4) is 0 Å². The van der Waals surface area contributed by atoms with Crippen LogP contribution >= 0.6 is 0 Å². The highest BCUT2D eigenvalue weighted by atomic mass is 16.1. The fourth-order valence-corrected chi connectivity index (χ4v) is 1.63. The molecule has 1 N–H and O–H groups in total. The van der Waals surface area contributed by atoms with E-state index in [1.807, 2.05) is 6.92 Å². The Bertz CT molecular complexity index is 337. The van der Waals surface area contributed by atoms with Gasteiger partial charge < -0.3 is 5.32 Å². The molecule has 4 heteroatoms. The lowest BCUT2D eigenvalue weighted by Crippen LogP contribution is -2.13. The average molecular weight is 177 g/mol. The third-order valence-electron chi connectivity index (χ3n) is 2.37. The number of hydrogen-bond donors (Lipinski definition) is 1. The van der Waals surface area contributed by atoms with Crippen molar-refractivity contribution in [2.24, 2.45) is 0 Å². The fraction of sp³-hybridized carbons (Fsp3) is 0.444. The molecular weight excluding hydrogens is 166 g/mol. The van der Waals surface area contributed by atoms with Crippen LogP contribution in [-0.4, -0.2) is 22.4 Å².